The van der Waals surface area contributed by atoms with Gasteiger partial charge in [-0.1, -0.05) is 19.8 Å². The van der Waals surface area contributed by atoms with Crippen LogP contribution in [0.2, 0.25) is 0 Å². The lowest BCUT2D eigenvalue weighted by atomic mass is 10.2. The summed E-state index contributed by atoms with van der Waals surface area (Å²) in [5, 5.41) is 0. The van der Waals surface area contributed by atoms with Crippen molar-refractivity contribution in [2.75, 3.05) is 21.1 Å². The topological polar surface area (TPSA) is 17.1 Å². The van der Waals surface area contributed by atoms with Gasteiger partial charge in [0.25, 0.3) is 0 Å². The van der Waals surface area contributed by atoms with Gasteiger partial charge in [0.1, 0.15) is 0 Å². The normalized spacial score (nSPS) is 11.6. The fraction of sp³-hybridized carbons (Fsp3) is 0.889. The van der Waals surface area contributed by atoms with E-state index in [4.69, 9.17) is 0 Å². The summed E-state index contributed by atoms with van der Waals surface area (Å²) in [6.45, 7) is 2.15. The summed E-state index contributed by atoms with van der Waals surface area (Å²) in [6, 6.07) is 0. The predicted octanol–water partition coefficient (Wildman–Crippen LogP) is 1.80. The Hall–Kier alpha value is -0.370. The standard InChI is InChI=1S/C9H20NO/c1-5-6-7-8-9(11)10(2,3)4/h5-8H2,1-4H3/q+1. The number of rotatable bonds is 4. The molecule has 0 heterocycles. The van der Waals surface area contributed by atoms with Gasteiger partial charge in [0.15, 0.2) is 0 Å². The number of hydrogen-bond acceptors (Lipinski definition) is 1. The third-order valence-electron chi connectivity index (χ3n) is 1.74. The second-order valence-electron chi connectivity index (χ2n) is 3.86. The first-order chi connectivity index (χ1) is 4.98. The molecule has 0 aliphatic rings. The Labute approximate surface area is 69.8 Å². The minimum atomic E-state index is 0.332. The van der Waals surface area contributed by atoms with Crippen LogP contribution in [0.25, 0.3) is 0 Å². The second kappa shape index (κ2) is 4.50. The van der Waals surface area contributed by atoms with E-state index in [1.807, 2.05) is 21.1 Å². The van der Waals surface area contributed by atoms with Crippen LogP contribution in [-0.2, 0) is 4.79 Å². The van der Waals surface area contributed by atoms with Gasteiger partial charge in [-0.05, 0) is 6.42 Å². The second-order valence-corrected chi connectivity index (χ2v) is 3.86. The molecule has 0 saturated carbocycles. The van der Waals surface area contributed by atoms with Crippen LogP contribution in [0.3, 0.4) is 0 Å². The fourth-order valence-corrected chi connectivity index (χ4v) is 0.862. The van der Waals surface area contributed by atoms with E-state index in [9.17, 15) is 4.79 Å². The van der Waals surface area contributed by atoms with Gasteiger partial charge in [-0.25, -0.2) is 4.79 Å². The Balaban J connectivity index is 3.54. The van der Waals surface area contributed by atoms with Crippen LogP contribution in [0.5, 0.6) is 0 Å². The van der Waals surface area contributed by atoms with Crippen molar-refractivity contribution in [3.8, 4) is 0 Å². The lowest BCUT2D eigenvalue weighted by Gasteiger charge is -2.20. The average Bonchev–Trinajstić information content (AvgIpc) is 1.86. The highest BCUT2D eigenvalue weighted by Crippen LogP contribution is 2.04. The molecular weight excluding hydrogens is 138 g/mol. The van der Waals surface area contributed by atoms with E-state index in [1.165, 1.54) is 12.8 Å². The van der Waals surface area contributed by atoms with Crippen molar-refractivity contribution < 1.29 is 9.28 Å². The van der Waals surface area contributed by atoms with Gasteiger partial charge in [-0.3, -0.25) is 4.48 Å². The fourth-order valence-electron chi connectivity index (χ4n) is 0.862. The summed E-state index contributed by atoms with van der Waals surface area (Å²) in [7, 11) is 5.77. The Morgan fingerprint density at radius 1 is 1.18 bits per heavy atom. The molecule has 0 rings (SSSR count). The van der Waals surface area contributed by atoms with E-state index in [0.717, 1.165) is 12.8 Å². The van der Waals surface area contributed by atoms with Crippen LogP contribution >= 0.6 is 0 Å². The molecule has 0 aliphatic carbocycles. The molecule has 2 heteroatoms. The molecule has 0 radical (unpaired) electrons. The van der Waals surface area contributed by atoms with Gasteiger partial charge in [0.05, 0.1) is 27.6 Å². The van der Waals surface area contributed by atoms with Crippen molar-refractivity contribution in [2.45, 2.75) is 32.6 Å². The van der Waals surface area contributed by atoms with Crippen molar-refractivity contribution in [3.63, 3.8) is 0 Å². The Morgan fingerprint density at radius 3 is 2.09 bits per heavy atom. The number of nitrogens with zero attached hydrogens (tertiary/aromatic N) is 1. The van der Waals surface area contributed by atoms with E-state index in [2.05, 4.69) is 6.92 Å². The molecule has 2 nitrogen and oxygen atoms in total. The molecule has 1 amide bonds. The number of amides is 1. The molecule has 0 spiro atoms. The lowest BCUT2D eigenvalue weighted by Crippen LogP contribution is -2.40. The maximum atomic E-state index is 11.3. The van der Waals surface area contributed by atoms with E-state index < -0.39 is 0 Å². The van der Waals surface area contributed by atoms with Gasteiger partial charge in [0, 0.05) is 0 Å². The molecule has 0 aromatic heterocycles. The molecule has 0 saturated heterocycles. The monoisotopic (exact) mass is 158 g/mol. The minimum absolute atomic E-state index is 0.332. The summed E-state index contributed by atoms with van der Waals surface area (Å²) in [5.41, 5.74) is 0. The van der Waals surface area contributed by atoms with Gasteiger partial charge in [-0.2, -0.15) is 0 Å². The zero-order valence-corrected chi connectivity index (χ0v) is 8.18. The largest absolute Gasteiger partial charge is 0.313 e. The molecule has 0 aromatic carbocycles. The molecule has 0 atom stereocenters. The van der Waals surface area contributed by atoms with Crippen molar-refractivity contribution in [2.24, 2.45) is 0 Å². The zero-order chi connectivity index (χ0) is 8.91. The van der Waals surface area contributed by atoms with Crippen LogP contribution in [0.15, 0.2) is 0 Å². The van der Waals surface area contributed by atoms with Crippen LogP contribution in [0, 0.1) is 0 Å². The van der Waals surface area contributed by atoms with Crippen molar-refractivity contribution in [3.05, 3.63) is 0 Å². The van der Waals surface area contributed by atoms with Crippen molar-refractivity contribution in [1.29, 1.82) is 0 Å². The maximum Gasteiger partial charge on any atom is 0.313 e. The van der Waals surface area contributed by atoms with Crippen LogP contribution in [0.1, 0.15) is 32.6 Å². The third-order valence-corrected chi connectivity index (χ3v) is 1.74. The SMILES string of the molecule is CCCCCC(=O)[N+](C)(C)C. The summed E-state index contributed by atoms with van der Waals surface area (Å²) in [6.07, 6.45) is 4.14. The maximum absolute atomic E-state index is 11.3. The van der Waals surface area contributed by atoms with E-state index in [1.54, 1.807) is 0 Å². The molecule has 0 fully saturated rings. The summed E-state index contributed by atoms with van der Waals surface area (Å²) < 4.78 is 0.462. The zero-order valence-electron chi connectivity index (χ0n) is 8.18. The number of quaternary nitrogens is 1. The third kappa shape index (κ3) is 4.96. The van der Waals surface area contributed by atoms with Gasteiger partial charge in [-0.15, -0.1) is 0 Å². The first-order valence-corrected chi connectivity index (χ1v) is 4.33. The van der Waals surface area contributed by atoms with E-state index >= 15 is 0 Å². The molecule has 0 N–H and O–H groups in total. The Bertz CT molecular complexity index is 124. The highest BCUT2D eigenvalue weighted by atomic mass is 16.2. The Morgan fingerprint density at radius 2 is 1.73 bits per heavy atom. The van der Waals surface area contributed by atoms with Crippen LogP contribution < -0.4 is 0 Å². The highest BCUT2D eigenvalue weighted by molar-refractivity contribution is 5.68. The summed E-state index contributed by atoms with van der Waals surface area (Å²) >= 11 is 0. The highest BCUT2D eigenvalue weighted by Gasteiger charge is 2.18. The first-order valence-electron chi connectivity index (χ1n) is 4.33. The molecule has 11 heavy (non-hydrogen) atoms. The lowest BCUT2D eigenvalue weighted by molar-refractivity contribution is -0.792. The molecular formula is C9H20NO+. The predicted molar refractivity (Wildman–Crippen MR) is 47.2 cm³/mol. The number of unbranched alkanes of at least 4 members (excludes halogenated alkanes) is 2. The number of carbonyl (C=O) groups is 1. The molecule has 0 aliphatic heterocycles. The summed E-state index contributed by atoms with van der Waals surface area (Å²) in [4.78, 5) is 11.3. The quantitative estimate of drug-likeness (QED) is 0.450. The smallest absolute Gasteiger partial charge is 0.268 e. The first kappa shape index (κ1) is 10.6. The van der Waals surface area contributed by atoms with Gasteiger partial charge in [0.2, 0.25) is 0 Å². The van der Waals surface area contributed by atoms with E-state index in [-0.39, 0.29) is 0 Å². The van der Waals surface area contributed by atoms with Crippen LogP contribution in [-0.4, -0.2) is 31.5 Å². The average molecular weight is 158 g/mol. The van der Waals surface area contributed by atoms with Crippen molar-refractivity contribution in [1.82, 2.24) is 0 Å². The van der Waals surface area contributed by atoms with Crippen molar-refractivity contribution >= 4 is 5.91 Å². The molecule has 0 bridgehead atoms. The van der Waals surface area contributed by atoms with Crippen LogP contribution in [0.4, 0.5) is 0 Å². The summed E-state index contributed by atoms with van der Waals surface area (Å²) in [5.74, 6) is 0.332. The van der Waals surface area contributed by atoms with Gasteiger partial charge < -0.3 is 0 Å². The molecule has 0 unspecified atom stereocenters. The molecule has 66 valence electrons. The van der Waals surface area contributed by atoms with E-state index in [0.29, 0.717) is 10.4 Å². The minimum Gasteiger partial charge on any atom is -0.268 e. The van der Waals surface area contributed by atoms with Gasteiger partial charge >= 0.3 is 5.91 Å². The number of carbonyl (C=O) groups excluding carboxylic acids is 1. The molecule has 0 aromatic rings. The Kier molecular flexibility index (Phi) is 4.34. The number of hydrogen-bond donors (Lipinski definition) is 0.